The van der Waals surface area contributed by atoms with Gasteiger partial charge in [0.1, 0.15) is 5.41 Å². The summed E-state index contributed by atoms with van der Waals surface area (Å²) in [6, 6.07) is 30.3. The summed E-state index contributed by atoms with van der Waals surface area (Å²) < 4.78 is 0. The number of halogens is 2. The number of aliphatic hydroxyl groups is 1. The molecule has 2 heterocycles. The van der Waals surface area contributed by atoms with Gasteiger partial charge in [-0.1, -0.05) is 123 Å². The summed E-state index contributed by atoms with van der Waals surface area (Å²) in [4.78, 5) is 33.6. The van der Waals surface area contributed by atoms with Crippen LogP contribution in [0.5, 0.6) is 0 Å². The van der Waals surface area contributed by atoms with Gasteiger partial charge in [-0.3, -0.25) is 14.5 Å². The van der Waals surface area contributed by atoms with Crippen LogP contribution in [0, 0.1) is 5.41 Å². The van der Waals surface area contributed by atoms with Gasteiger partial charge in [0.15, 0.2) is 0 Å². The number of aliphatic hydroxyl groups excluding tert-OH is 1. The van der Waals surface area contributed by atoms with Crippen molar-refractivity contribution < 1.29 is 14.7 Å². The van der Waals surface area contributed by atoms with Crippen molar-refractivity contribution in [1.29, 1.82) is 0 Å². The zero-order valence-electron chi connectivity index (χ0n) is 27.3. The first kappa shape index (κ1) is 33.2. The number of likely N-dealkylation sites (N-methyl/N-ethyl adjacent to an activating group) is 1. The molecule has 47 heavy (non-hydrogen) atoms. The molecule has 1 saturated heterocycles. The van der Waals surface area contributed by atoms with E-state index in [0.717, 1.165) is 22.3 Å². The van der Waals surface area contributed by atoms with Crippen molar-refractivity contribution in [3.8, 4) is 0 Å². The van der Waals surface area contributed by atoms with Crippen molar-refractivity contribution in [2.24, 2.45) is 5.41 Å². The van der Waals surface area contributed by atoms with Crippen molar-refractivity contribution >= 4 is 40.7 Å². The molecule has 2 amide bonds. The molecule has 6 nitrogen and oxygen atoms in total. The summed E-state index contributed by atoms with van der Waals surface area (Å²) in [6.45, 7) is 6.44. The molecule has 6 rings (SSSR count). The predicted octanol–water partition coefficient (Wildman–Crippen LogP) is 8.02. The summed E-state index contributed by atoms with van der Waals surface area (Å²) in [5.74, 6) is -1.03. The number of amides is 2. The Morgan fingerprint density at radius 3 is 2.11 bits per heavy atom. The molecule has 4 aromatic carbocycles. The first-order valence-electron chi connectivity index (χ1n) is 16.0. The van der Waals surface area contributed by atoms with E-state index in [-0.39, 0.29) is 17.2 Å². The number of likely N-dealkylation sites (tertiary alicyclic amines) is 1. The molecule has 1 fully saturated rings. The lowest BCUT2D eigenvalue weighted by Crippen LogP contribution is -2.53. The van der Waals surface area contributed by atoms with Crippen LogP contribution < -0.4 is 5.32 Å². The highest BCUT2D eigenvalue weighted by molar-refractivity contribution is 6.31. The summed E-state index contributed by atoms with van der Waals surface area (Å²) in [6.07, 6.45) is -0.482. The minimum atomic E-state index is -1.24. The van der Waals surface area contributed by atoms with Gasteiger partial charge in [0.2, 0.25) is 11.8 Å². The lowest BCUT2D eigenvalue weighted by molar-refractivity contribution is -0.137. The van der Waals surface area contributed by atoms with E-state index in [4.69, 9.17) is 23.2 Å². The largest absolute Gasteiger partial charge is 0.386 e. The SMILES string of the molecule is CN(C)C(=O)[C@H]1[C@H](c2cccc(Cl)c2)[C@@]2(C(=O)Nc3cc(Cl)ccc32)[C@@H](CC(C)(C)C)N1[C@H](c1ccccc1)[C@@H](O)c1ccccc1. The van der Waals surface area contributed by atoms with Crippen LogP contribution in [0.3, 0.4) is 0 Å². The summed E-state index contributed by atoms with van der Waals surface area (Å²) in [7, 11) is 3.49. The monoisotopic (exact) mass is 669 g/mol. The molecule has 2 aliphatic heterocycles. The third-order valence-corrected chi connectivity index (χ3v) is 10.1. The quantitative estimate of drug-likeness (QED) is 0.209. The van der Waals surface area contributed by atoms with Gasteiger partial charge in [0.25, 0.3) is 0 Å². The van der Waals surface area contributed by atoms with Crippen molar-refractivity contribution in [2.75, 3.05) is 19.4 Å². The minimum absolute atomic E-state index is 0.165. The Hall–Kier alpha value is -3.68. The van der Waals surface area contributed by atoms with Crippen molar-refractivity contribution in [3.05, 3.63) is 135 Å². The zero-order valence-corrected chi connectivity index (χ0v) is 28.8. The van der Waals surface area contributed by atoms with Gasteiger partial charge in [-0.05, 0) is 58.4 Å². The maximum absolute atomic E-state index is 15.0. The lowest BCUT2D eigenvalue weighted by atomic mass is 9.62. The van der Waals surface area contributed by atoms with Crippen LogP contribution in [0.2, 0.25) is 10.0 Å². The maximum Gasteiger partial charge on any atom is 0.240 e. The maximum atomic E-state index is 15.0. The Morgan fingerprint density at radius 2 is 1.51 bits per heavy atom. The lowest BCUT2D eigenvalue weighted by Gasteiger charge is -2.44. The molecule has 4 aromatic rings. The third kappa shape index (κ3) is 5.86. The molecule has 2 aliphatic rings. The molecule has 8 heteroatoms. The minimum Gasteiger partial charge on any atom is -0.386 e. The molecular formula is C39H41Cl2N3O3. The van der Waals surface area contributed by atoms with Gasteiger partial charge >= 0.3 is 0 Å². The van der Waals surface area contributed by atoms with Crippen LogP contribution in [0.4, 0.5) is 5.69 Å². The highest BCUT2D eigenvalue weighted by Crippen LogP contribution is 2.62. The van der Waals surface area contributed by atoms with E-state index < -0.39 is 35.6 Å². The van der Waals surface area contributed by atoms with Gasteiger partial charge in [-0.25, -0.2) is 0 Å². The van der Waals surface area contributed by atoms with E-state index in [1.54, 1.807) is 31.1 Å². The molecule has 6 atom stereocenters. The van der Waals surface area contributed by atoms with Gasteiger partial charge < -0.3 is 15.3 Å². The number of carbonyl (C=O) groups excluding carboxylic acids is 2. The Balaban J connectivity index is 1.74. The molecule has 0 bridgehead atoms. The van der Waals surface area contributed by atoms with Crippen molar-refractivity contribution in [3.63, 3.8) is 0 Å². The Kier molecular flexibility index (Phi) is 9.00. The molecule has 0 radical (unpaired) electrons. The number of fused-ring (bicyclic) bond motifs is 2. The number of anilines is 1. The van der Waals surface area contributed by atoms with Crippen LogP contribution in [-0.2, 0) is 15.0 Å². The molecule has 0 aliphatic carbocycles. The van der Waals surface area contributed by atoms with Crippen LogP contribution >= 0.6 is 23.2 Å². The normalized spacial score (nSPS) is 23.7. The van der Waals surface area contributed by atoms with Gasteiger partial charge in [-0.15, -0.1) is 0 Å². The zero-order chi connectivity index (χ0) is 33.7. The Bertz CT molecular complexity index is 1780. The standard InChI is InChI=1S/C39H41Cl2N3O3/c1-38(2,3)23-31-39(29-20-19-28(41)22-30(29)42-37(39)47)32(26-17-12-18-27(40)21-26)34(36(46)43(4)5)44(31)33(24-13-8-6-9-14-24)35(45)25-15-10-7-11-16-25/h6-22,31-35,45H,23H2,1-5H3,(H,42,47)/t31-,32+,33-,34-,35+,39+/m1/s1. The van der Waals surface area contributed by atoms with E-state index in [2.05, 4.69) is 31.0 Å². The van der Waals surface area contributed by atoms with E-state index in [9.17, 15) is 9.90 Å². The average molecular weight is 671 g/mol. The van der Waals surface area contributed by atoms with Crippen LogP contribution in [-0.4, -0.2) is 52.9 Å². The van der Waals surface area contributed by atoms with E-state index in [1.165, 1.54) is 0 Å². The second-order valence-electron chi connectivity index (χ2n) is 14.2. The number of benzene rings is 4. The summed E-state index contributed by atoms with van der Waals surface area (Å²) in [5.41, 5.74) is 2.23. The fourth-order valence-corrected chi connectivity index (χ4v) is 8.29. The molecule has 244 valence electrons. The Morgan fingerprint density at radius 1 is 0.894 bits per heavy atom. The summed E-state index contributed by atoms with van der Waals surface area (Å²) >= 11 is 13.2. The summed E-state index contributed by atoms with van der Waals surface area (Å²) in [5, 5.41) is 16.7. The van der Waals surface area contributed by atoms with Crippen molar-refractivity contribution in [1.82, 2.24) is 9.80 Å². The van der Waals surface area contributed by atoms with Gasteiger partial charge in [0.05, 0.1) is 18.2 Å². The topological polar surface area (TPSA) is 72.9 Å². The van der Waals surface area contributed by atoms with E-state index >= 15 is 4.79 Å². The molecule has 0 saturated carbocycles. The predicted molar refractivity (Wildman–Crippen MR) is 189 cm³/mol. The molecule has 2 N–H and O–H groups in total. The van der Waals surface area contributed by atoms with Crippen LogP contribution in [0.15, 0.2) is 103 Å². The fraction of sp³-hybridized carbons (Fsp3) is 0.333. The smallest absolute Gasteiger partial charge is 0.240 e. The van der Waals surface area contributed by atoms with Crippen molar-refractivity contribution in [2.45, 2.75) is 62.8 Å². The van der Waals surface area contributed by atoms with Crippen LogP contribution in [0.25, 0.3) is 0 Å². The number of hydrogen-bond donors (Lipinski definition) is 2. The first-order chi connectivity index (χ1) is 22.3. The van der Waals surface area contributed by atoms with Crippen LogP contribution in [0.1, 0.15) is 67.5 Å². The molecule has 1 spiro atoms. The molecular weight excluding hydrogens is 629 g/mol. The van der Waals surface area contributed by atoms with Gasteiger partial charge in [-0.2, -0.15) is 0 Å². The highest BCUT2D eigenvalue weighted by atomic mass is 35.5. The second kappa shape index (κ2) is 12.7. The average Bonchev–Trinajstić information content (AvgIpc) is 3.47. The van der Waals surface area contributed by atoms with E-state index in [1.807, 2.05) is 91.0 Å². The third-order valence-electron chi connectivity index (χ3n) is 9.67. The number of nitrogens with one attached hydrogen (secondary N) is 1. The fourth-order valence-electron chi connectivity index (χ4n) is 7.92. The first-order valence-corrected chi connectivity index (χ1v) is 16.7. The number of nitrogens with zero attached hydrogens (tertiary/aromatic N) is 2. The highest BCUT2D eigenvalue weighted by Gasteiger charge is 2.70. The number of hydrogen-bond acceptors (Lipinski definition) is 4. The Labute approximate surface area is 287 Å². The van der Waals surface area contributed by atoms with E-state index in [0.29, 0.717) is 22.2 Å². The molecule has 0 unspecified atom stereocenters. The second-order valence-corrected chi connectivity index (χ2v) is 15.0. The number of carbonyl (C=O) groups is 2. The van der Waals surface area contributed by atoms with Gasteiger partial charge in [0, 0.05) is 41.8 Å². The molecule has 0 aromatic heterocycles. The number of rotatable bonds is 7.